The molecule has 0 aliphatic heterocycles. The highest BCUT2D eigenvalue weighted by Gasteiger charge is 2.31. The molecule has 0 aromatic carbocycles. The predicted octanol–water partition coefficient (Wildman–Crippen LogP) is 2.71. The van der Waals surface area contributed by atoms with E-state index in [9.17, 15) is 18.0 Å². The Morgan fingerprint density at radius 1 is 1.56 bits per heavy atom. The fourth-order valence-corrected chi connectivity index (χ4v) is 2.16. The van der Waals surface area contributed by atoms with Gasteiger partial charge in [0.2, 0.25) is 0 Å². The van der Waals surface area contributed by atoms with E-state index in [4.69, 9.17) is 0 Å². The van der Waals surface area contributed by atoms with Crippen molar-refractivity contribution in [3.05, 3.63) is 11.1 Å². The maximum absolute atomic E-state index is 12.4. The molecule has 0 aliphatic carbocycles. The second kappa shape index (κ2) is 6.03. The number of thiazole rings is 1. The molecule has 0 bridgehead atoms. The van der Waals surface area contributed by atoms with Crippen molar-refractivity contribution in [3.63, 3.8) is 0 Å². The van der Waals surface area contributed by atoms with Gasteiger partial charge in [-0.3, -0.25) is 0 Å². The number of carbonyl (C=O) groups excluding carboxylic acids is 1. The summed E-state index contributed by atoms with van der Waals surface area (Å²) in [7, 11) is 1.20. The quantitative estimate of drug-likeness (QED) is 0.779. The summed E-state index contributed by atoms with van der Waals surface area (Å²) >= 11 is 0.996. The Morgan fingerprint density at radius 3 is 2.72 bits per heavy atom. The van der Waals surface area contributed by atoms with Gasteiger partial charge in [0.05, 0.1) is 7.11 Å². The number of aromatic nitrogens is 1. The van der Waals surface area contributed by atoms with Gasteiger partial charge in [-0.2, -0.15) is 13.2 Å². The molecule has 0 saturated heterocycles. The van der Waals surface area contributed by atoms with Gasteiger partial charge in [-0.1, -0.05) is 6.92 Å². The van der Waals surface area contributed by atoms with Crippen molar-refractivity contribution in [2.24, 2.45) is 0 Å². The normalized spacial score (nSPS) is 11.4. The van der Waals surface area contributed by atoms with E-state index >= 15 is 0 Å². The lowest BCUT2D eigenvalue weighted by molar-refractivity contribution is -0.119. The first kappa shape index (κ1) is 14.7. The van der Waals surface area contributed by atoms with Crippen LogP contribution in [-0.4, -0.2) is 37.3 Å². The maximum atomic E-state index is 12.4. The van der Waals surface area contributed by atoms with Crippen LogP contribution in [0.2, 0.25) is 0 Å². The average Bonchev–Trinajstić information content (AvgIpc) is 2.75. The van der Waals surface area contributed by atoms with E-state index in [0.29, 0.717) is 6.42 Å². The van der Waals surface area contributed by atoms with Crippen molar-refractivity contribution in [2.45, 2.75) is 19.5 Å². The lowest BCUT2D eigenvalue weighted by Gasteiger charge is -2.22. The molecule has 0 saturated carbocycles. The van der Waals surface area contributed by atoms with Gasteiger partial charge in [0, 0.05) is 11.9 Å². The summed E-state index contributed by atoms with van der Waals surface area (Å²) in [5, 5.41) is 1.56. The number of rotatable bonds is 5. The van der Waals surface area contributed by atoms with Crippen LogP contribution in [0.25, 0.3) is 0 Å². The van der Waals surface area contributed by atoms with Gasteiger partial charge < -0.3 is 9.64 Å². The zero-order chi connectivity index (χ0) is 13.8. The molecule has 0 unspecified atom stereocenters. The highest BCUT2D eigenvalue weighted by molar-refractivity contribution is 7.13. The van der Waals surface area contributed by atoms with Gasteiger partial charge >= 0.3 is 12.1 Å². The topological polar surface area (TPSA) is 42.4 Å². The van der Waals surface area contributed by atoms with Crippen LogP contribution in [0.15, 0.2) is 5.38 Å². The summed E-state index contributed by atoms with van der Waals surface area (Å²) in [5.74, 6) is -0.652. The Kier molecular flexibility index (Phi) is 4.94. The number of hydrogen-bond donors (Lipinski definition) is 0. The number of esters is 1. The summed E-state index contributed by atoms with van der Waals surface area (Å²) in [6, 6.07) is 0. The van der Waals surface area contributed by atoms with Gasteiger partial charge in [-0.05, 0) is 6.42 Å². The minimum absolute atomic E-state index is 0.0285. The number of hydrogen-bond acceptors (Lipinski definition) is 5. The zero-order valence-electron chi connectivity index (χ0n) is 9.95. The van der Waals surface area contributed by atoms with E-state index in [2.05, 4.69) is 9.72 Å². The molecule has 1 rings (SSSR count). The third kappa shape index (κ3) is 4.17. The summed E-state index contributed by atoms with van der Waals surface area (Å²) in [4.78, 5) is 16.1. The molecule has 4 nitrogen and oxygen atoms in total. The number of ether oxygens (including phenoxy) is 1. The van der Waals surface area contributed by atoms with Crippen molar-refractivity contribution in [1.82, 2.24) is 4.98 Å². The minimum Gasteiger partial charge on any atom is -0.464 e. The molecule has 0 spiro atoms. The zero-order valence-corrected chi connectivity index (χ0v) is 10.8. The van der Waals surface area contributed by atoms with Crippen LogP contribution >= 0.6 is 11.3 Å². The number of anilines is 1. The highest BCUT2D eigenvalue weighted by Crippen LogP contribution is 2.25. The van der Waals surface area contributed by atoms with Crippen LogP contribution in [0.5, 0.6) is 0 Å². The molecule has 0 fully saturated rings. The van der Waals surface area contributed by atoms with E-state index in [1.165, 1.54) is 12.5 Å². The number of methoxy groups -OCH3 is 1. The van der Waals surface area contributed by atoms with E-state index in [0.717, 1.165) is 16.2 Å². The molecule has 0 amide bonds. The average molecular weight is 282 g/mol. The maximum Gasteiger partial charge on any atom is 0.406 e. The fourth-order valence-electron chi connectivity index (χ4n) is 1.34. The largest absolute Gasteiger partial charge is 0.464 e. The summed E-state index contributed by atoms with van der Waals surface area (Å²) < 4.78 is 41.6. The standard InChI is InChI=1S/C10H13F3N2O2S/c1-3-4-15(6-10(11,12)13)9-14-7(5-18-9)8(16)17-2/h5H,3-4,6H2,1-2H3. The molecule has 0 N–H and O–H groups in total. The molecule has 1 aromatic heterocycles. The lowest BCUT2D eigenvalue weighted by atomic mass is 10.4. The molecule has 18 heavy (non-hydrogen) atoms. The Labute approximate surface area is 106 Å². The van der Waals surface area contributed by atoms with Crippen LogP contribution in [0, 0.1) is 0 Å². The number of halogens is 3. The molecular formula is C10H13F3N2O2S. The van der Waals surface area contributed by atoms with Gasteiger partial charge in [-0.15, -0.1) is 11.3 Å². The van der Waals surface area contributed by atoms with Crippen molar-refractivity contribution in [3.8, 4) is 0 Å². The van der Waals surface area contributed by atoms with Crippen molar-refractivity contribution in [1.29, 1.82) is 0 Å². The van der Waals surface area contributed by atoms with E-state index < -0.39 is 18.7 Å². The van der Waals surface area contributed by atoms with Crippen molar-refractivity contribution < 1.29 is 22.7 Å². The Hall–Kier alpha value is -1.31. The van der Waals surface area contributed by atoms with E-state index in [-0.39, 0.29) is 17.4 Å². The minimum atomic E-state index is -4.30. The SMILES string of the molecule is CCCN(CC(F)(F)F)c1nc(C(=O)OC)cs1. The van der Waals surface area contributed by atoms with Crippen LogP contribution in [-0.2, 0) is 4.74 Å². The van der Waals surface area contributed by atoms with Crippen molar-refractivity contribution in [2.75, 3.05) is 25.1 Å². The number of alkyl halides is 3. The molecule has 1 heterocycles. The molecule has 1 aromatic rings. The first-order valence-corrected chi connectivity index (χ1v) is 6.11. The second-order valence-corrected chi connectivity index (χ2v) is 4.38. The predicted molar refractivity (Wildman–Crippen MR) is 62.0 cm³/mol. The number of carbonyl (C=O) groups is 1. The summed E-state index contributed by atoms with van der Waals surface area (Å²) in [5.41, 5.74) is 0.0285. The van der Waals surface area contributed by atoms with Gasteiger partial charge in [0.25, 0.3) is 0 Å². The van der Waals surface area contributed by atoms with Crippen LogP contribution < -0.4 is 4.90 Å². The summed E-state index contributed by atoms with van der Waals surface area (Å²) in [6.45, 7) is 0.931. The molecular weight excluding hydrogens is 269 g/mol. The van der Waals surface area contributed by atoms with Gasteiger partial charge in [0.1, 0.15) is 6.54 Å². The first-order valence-electron chi connectivity index (χ1n) is 5.23. The van der Waals surface area contributed by atoms with E-state index in [1.807, 2.05) is 0 Å². The second-order valence-electron chi connectivity index (χ2n) is 3.54. The summed E-state index contributed by atoms with van der Waals surface area (Å²) in [6.07, 6.45) is -3.74. The van der Waals surface area contributed by atoms with Crippen LogP contribution in [0.1, 0.15) is 23.8 Å². The Morgan fingerprint density at radius 2 is 2.22 bits per heavy atom. The third-order valence-corrected chi connectivity index (χ3v) is 2.92. The molecule has 0 aliphatic rings. The number of nitrogens with zero attached hydrogens (tertiary/aromatic N) is 2. The van der Waals surface area contributed by atoms with E-state index in [1.54, 1.807) is 6.92 Å². The Balaban J connectivity index is 2.85. The molecule has 102 valence electrons. The van der Waals surface area contributed by atoms with Crippen LogP contribution in [0.3, 0.4) is 0 Å². The van der Waals surface area contributed by atoms with Gasteiger partial charge in [-0.25, -0.2) is 9.78 Å². The monoisotopic (exact) mass is 282 g/mol. The third-order valence-electron chi connectivity index (χ3n) is 2.02. The Bertz CT molecular complexity index is 406. The smallest absolute Gasteiger partial charge is 0.406 e. The highest BCUT2D eigenvalue weighted by atomic mass is 32.1. The van der Waals surface area contributed by atoms with Crippen LogP contribution in [0.4, 0.5) is 18.3 Å². The lowest BCUT2D eigenvalue weighted by Crippen LogP contribution is -2.34. The molecule has 0 radical (unpaired) electrons. The first-order chi connectivity index (χ1) is 8.37. The molecule has 0 atom stereocenters. The molecule has 8 heteroatoms. The fraction of sp³-hybridized carbons (Fsp3) is 0.600. The van der Waals surface area contributed by atoms with Crippen molar-refractivity contribution >= 4 is 22.4 Å². The van der Waals surface area contributed by atoms with Gasteiger partial charge in [0.15, 0.2) is 10.8 Å².